The zero-order chi connectivity index (χ0) is 24.6. The molecule has 2 aromatic carbocycles. The summed E-state index contributed by atoms with van der Waals surface area (Å²) in [6.07, 6.45) is 1.42. The van der Waals surface area contributed by atoms with Crippen LogP contribution >= 0.6 is 22.9 Å². The summed E-state index contributed by atoms with van der Waals surface area (Å²) in [6, 6.07) is 10.7. The number of H-pyrrole nitrogens is 1. The van der Waals surface area contributed by atoms with Gasteiger partial charge in [0.2, 0.25) is 0 Å². The van der Waals surface area contributed by atoms with Crippen LogP contribution in [0.1, 0.15) is 0 Å². The van der Waals surface area contributed by atoms with Crippen molar-refractivity contribution >= 4 is 61.4 Å². The smallest absolute Gasteiger partial charge is 0.333 e. The second kappa shape index (κ2) is 9.05. The van der Waals surface area contributed by atoms with Crippen LogP contribution in [0.2, 0.25) is 4.34 Å². The maximum absolute atomic E-state index is 14.2. The van der Waals surface area contributed by atoms with Crippen LogP contribution in [-0.4, -0.2) is 33.1 Å². The van der Waals surface area contributed by atoms with Crippen LogP contribution in [0.15, 0.2) is 62.3 Å². The Morgan fingerprint density at radius 3 is 2.47 bits per heavy atom. The van der Waals surface area contributed by atoms with Gasteiger partial charge in [0.25, 0.3) is 5.56 Å². The van der Waals surface area contributed by atoms with Gasteiger partial charge in [0, 0.05) is 19.0 Å². The third kappa shape index (κ3) is 4.60. The SMILES string of the molecule is CNc1cc2[nH]c(=O)n(-c3ccc(NC(=O)N[SH](C)(=O)c4ccc(Cl)s4)cc3)c(=O)c2cc1F. The molecular formula is C21H19ClFN5O4S2. The number of carbonyl (C=O) groups excluding carboxylic acids is 1. The number of hydrogen-bond acceptors (Lipinski definition) is 6. The number of fused-ring (bicyclic) bond motifs is 1. The van der Waals surface area contributed by atoms with Crippen molar-refractivity contribution < 1.29 is 13.4 Å². The minimum atomic E-state index is -3.18. The Morgan fingerprint density at radius 1 is 1.15 bits per heavy atom. The molecule has 2 heterocycles. The molecule has 0 unspecified atom stereocenters. The quantitative estimate of drug-likeness (QED) is 0.257. The van der Waals surface area contributed by atoms with E-state index in [1.807, 2.05) is 0 Å². The average Bonchev–Trinajstić information content (AvgIpc) is 3.22. The standard InChI is InChI=1S/C21H19ClFN5O4S2/c1-24-16-10-15-13(9-14(16)23)19(29)28(21(31)26-15)12-5-3-11(4-6-12)25-20(30)27-34(2,32)18-8-7-17(22)33-18/h3-10,24,34H,1-2H3,(H,26,31)(H2,25,27,30,32). The zero-order valence-electron chi connectivity index (χ0n) is 17.8. The Kier molecular flexibility index (Phi) is 6.30. The van der Waals surface area contributed by atoms with Crippen LogP contribution in [0.3, 0.4) is 0 Å². The number of carbonyl (C=O) groups is 1. The fourth-order valence-corrected chi connectivity index (χ4v) is 6.29. The number of hydrogen-bond donors (Lipinski definition) is 5. The second-order valence-corrected chi connectivity index (χ2v) is 11.9. The van der Waals surface area contributed by atoms with Gasteiger partial charge < -0.3 is 15.6 Å². The van der Waals surface area contributed by atoms with Crippen molar-refractivity contribution in [1.82, 2.24) is 14.3 Å². The number of urea groups is 1. The van der Waals surface area contributed by atoms with Crippen molar-refractivity contribution in [3.8, 4) is 5.69 Å². The lowest BCUT2D eigenvalue weighted by molar-refractivity contribution is 0.257. The molecule has 34 heavy (non-hydrogen) atoms. The molecule has 0 fully saturated rings. The minimum absolute atomic E-state index is 0.00468. The molecule has 0 aliphatic carbocycles. The first-order chi connectivity index (χ1) is 16.1. The first kappa shape index (κ1) is 23.7. The average molecular weight is 524 g/mol. The van der Waals surface area contributed by atoms with Crippen LogP contribution in [0.5, 0.6) is 0 Å². The molecule has 0 spiro atoms. The van der Waals surface area contributed by atoms with E-state index in [1.54, 1.807) is 12.1 Å². The number of thiol groups is 1. The van der Waals surface area contributed by atoms with Gasteiger partial charge >= 0.3 is 11.7 Å². The van der Waals surface area contributed by atoms with E-state index in [4.69, 9.17) is 11.6 Å². The minimum Gasteiger partial charge on any atom is -0.386 e. The summed E-state index contributed by atoms with van der Waals surface area (Å²) in [4.78, 5) is 40.4. The molecule has 0 radical (unpaired) electrons. The van der Waals surface area contributed by atoms with Crippen LogP contribution in [0.25, 0.3) is 16.6 Å². The number of rotatable bonds is 5. The van der Waals surface area contributed by atoms with E-state index < -0.39 is 33.2 Å². The molecule has 0 bridgehead atoms. The van der Waals surface area contributed by atoms with E-state index >= 15 is 0 Å². The molecule has 0 aliphatic heterocycles. The van der Waals surface area contributed by atoms with Gasteiger partial charge in [-0.05, 0) is 58.6 Å². The topological polar surface area (TPSA) is 125 Å². The highest BCUT2D eigenvalue weighted by Crippen LogP contribution is 2.28. The molecule has 9 nitrogen and oxygen atoms in total. The van der Waals surface area contributed by atoms with E-state index in [2.05, 4.69) is 20.3 Å². The van der Waals surface area contributed by atoms with Gasteiger partial charge in [0.1, 0.15) is 5.82 Å². The van der Waals surface area contributed by atoms with Gasteiger partial charge in [0.05, 0.1) is 30.8 Å². The number of benzene rings is 2. The molecule has 4 aromatic rings. The van der Waals surface area contributed by atoms with E-state index in [0.29, 0.717) is 14.2 Å². The number of amides is 2. The van der Waals surface area contributed by atoms with Crippen molar-refractivity contribution in [2.24, 2.45) is 0 Å². The van der Waals surface area contributed by atoms with Crippen LogP contribution in [-0.2, 0) is 10.1 Å². The second-order valence-electron chi connectivity index (χ2n) is 7.31. The highest BCUT2D eigenvalue weighted by Gasteiger charge is 2.17. The Morgan fingerprint density at radius 2 is 1.85 bits per heavy atom. The summed E-state index contributed by atoms with van der Waals surface area (Å²) in [7, 11) is -1.65. The molecule has 178 valence electrons. The maximum atomic E-state index is 14.2. The molecule has 2 aromatic heterocycles. The Labute approximate surface area is 202 Å². The molecule has 2 amide bonds. The first-order valence-corrected chi connectivity index (χ1v) is 13.1. The largest absolute Gasteiger partial charge is 0.386 e. The van der Waals surface area contributed by atoms with Crippen molar-refractivity contribution in [3.05, 3.63) is 79.5 Å². The fourth-order valence-electron chi connectivity index (χ4n) is 3.30. The van der Waals surface area contributed by atoms with E-state index in [-0.39, 0.29) is 22.3 Å². The summed E-state index contributed by atoms with van der Waals surface area (Å²) in [5.41, 5.74) is -0.505. The summed E-state index contributed by atoms with van der Waals surface area (Å²) >= 11 is 6.99. The van der Waals surface area contributed by atoms with Crippen molar-refractivity contribution in [3.63, 3.8) is 0 Å². The van der Waals surface area contributed by atoms with Crippen LogP contribution < -0.4 is 26.6 Å². The summed E-state index contributed by atoms with van der Waals surface area (Å²) in [5.74, 6) is -0.630. The van der Waals surface area contributed by atoms with E-state index in [9.17, 15) is 23.0 Å². The van der Waals surface area contributed by atoms with E-state index in [1.165, 1.54) is 43.6 Å². The van der Waals surface area contributed by atoms with Crippen LogP contribution in [0, 0.1) is 5.82 Å². The molecule has 0 aliphatic rings. The van der Waals surface area contributed by atoms with Gasteiger partial charge in [-0.2, -0.15) is 0 Å². The third-order valence-electron chi connectivity index (χ3n) is 4.93. The normalized spacial score (nSPS) is 11.9. The van der Waals surface area contributed by atoms with Gasteiger partial charge in [-0.15, -0.1) is 11.3 Å². The predicted octanol–water partition coefficient (Wildman–Crippen LogP) is 3.32. The first-order valence-electron chi connectivity index (χ1n) is 9.78. The zero-order valence-corrected chi connectivity index (χ0v) is 20.3. The molecule has 13 heteroatoms. The number of thiophene rings is 1. The lowest BCUT2D eigenvalue weighted by atomic mass is 10.2. The van der Waals surface area contributed by atoms with Crippen molar-refractivity contribution in [2.45, 2.75) is 4.21 Å². The van der Waals surface area contributed by atoms with Crippen LogP contribution in [0.4, 0.5) is 20.6 Å². The number of halogens is 2. The fraction of sp³-hybridized carbons (Fsp3) is 0.0952. The number of nitrogens with zero attached hydrogens (tertiary/aromatic N) is 1. The Balaban J connectivity index is 1.58. The predicted molar refractivity (Wildman–Crippen MR) is 135 cm³/mol. The Bertz CT molecular complexity index is 1580. The Hall–Kier alpha value is -3.48. The molecule has 0 saturated heterocycles. The monoisotopic (exact) mass is 523 g/mol. The molecule has 0 saturated carbocycles. The van der Waals surface area contributed by atoms with Crippen molar-refractivity contribution in [1.29, 1.82) is 0 Å². The molecule has 4 rings (SSSR count). The van der Waals surface area contributed by atoms with Crippen molar-refractivity contribution in [2.75, 3.05) is 23.9 Å². The molecule has 0 atom stereocenters. The van der Waals surface area contributed by atoms with Gasteiger partial charge in [-0.3, -0.25) is 13.7 Å². The number of nitrogens with one attached hydrogen (secondary N) is 4. The summed E-state index contributed by atoms with van der Waals surface area (Å²) in [5, 5.41) is 5.21. The third-order valence-corrected chi connectivity index (χ3v) is 8.91. The number of aromatic amines is 1. The number of aromatic nitrogens is 2. The van der Waals surface area contributed by atoms with E-state index in [0.717, 1.165) is 22.0 Å². The van der Waals surface area contributed by atoms with Gasteiger partial charge in [-0.1, -0.05) is 11.6 Å². The lowest BCUT2D eigenvalue weighted by Gasteiger charge is -2.19. The summed E-state index contributed by atoms with van der Waals surface area (Å²) in [6.45, 7) is 0. The van der Waals surface area contributed by atoms with Gasteiger partial charge in [-0.25, -0.2) is 18.5 Å². The van der Waals surface area contributed by atoms with Gasteiger partial charge in [0.15, 0.2) is 0 Å². The number of anilines is 2. The summed E-state index contributed by atoms with van der Waals surface area (Å²) < 4.78 is 31.2. The highest BCUT2D eigenvalue weighted by molar-refractivity contribution is 8.02. The molecular weight excluding hydrogens is 505 g/mol. The highest BCUT2D eigenvalue weighted by atomic mass is 35.5. The lowest BCUT2D eigenvalue weighted by Crippen LogP contribution is -2.38. The maximum Gasteiger partial charge on any atom is 0.333 e. The molecule has 4 N–H and O–H groups in total.